The summed E-state index contributed by atoms with van der Waals surface area (Å²) in [5, 5.41) is 2.55. The van der Waals surface area contributed by atoms with Crippen LogP contribution in [-0.4, -0.2) is 18.1 Å². The Kier molecular flexibility index (Phi) is 6.45. The van der Waals surface area contributed by atoms with Crippen LogP contribution in [0.25, 0.3) is 6.08 Å². The van der Waals surface area contributed by atoms with Gasteiger partial charge in [-0.15, -0.1) is 0 Å². The van der Waals surface area contributed by atoms with Crippen LogP contribution in [0.5, 0.6) is 0 Å². The third-order valence-electron chi connectivity index (χ3n) is 3.18. The number of hydrogen-bond acceptors (Lipinski definition) is 2. The highest BCUT2D eigenvalue weighted by atomic mass is 35.5. The summed E-state index contributed by atoms with van der Waals surface area (Å²) < 4.78 is 51.7. The van der Waals surface area contributed by atoms with Gasteiger partial charge in [-0.1, -0.05) is 47.5 Å². The van der Waals surface area contributed by atoms with Gasteiger partial charge in [-0.2, -0.15) is 13.2 Å². The standard InChI is InChI=1S/C17H10Cl2F4N2O2/c18-11-6-2-1-5-10(11)15(26)25-16(27)24-12-7-3-4-9(14(12)20)8-13(19)17(21,22)23/h1-8H,(H2,24,25,26,27)/b13-8-. The summed E-state index contributed by atoms with van der Waals surface area (Å²) in [5.41, 5.74) is -0.921. The van der Waals surface area contributed by atoms with E-state index in [9.17, 15) is 27.2 Å². The maximum absolute atomic E-state index is 14.3. The molecule has 0 aliphatic carbocycles. The first kappa shape index (κ1) is 20.7. The molecule has 3 amide bonds. The number of imide groups is 1. The molecule has 0 saturated carbocycles. The third kappa shape index (κ3) is 5.45. The summed E-state index contributed by atoms with van der Waals surface area (Å²) in [5.74, 6) is -1.99. The highest BCUT2D eigenvalue weighted by Gasteiger charge is 2.32. The molecule has 27 heavy (non-hydrogen) atoms. The van der Waals surface area contributed by atoms with Crippen molar-refractivity contribution in [3.8, 4) is 0 Å². The normalized spacial score (nSPS) is 11.9. The van der Waals surface area contributed by atoms with Crippen molar-refractivity contribution in [3.63, 3.8) is 0 Å². The van der Waals surface area contributed by atoms with Crippen molar-refractivity contribution < 1.29 is 27.2 Å². The van der Waals surface area contributed by atoms with Crippen LogP contribution in [0.2, 0.25) is 5.02 Å². The van der Waals surface area contributed by atoms with Crippen molar-refractivity contribution in [3.05, 3.63) is 69.5 Å². The monoisotopic (exact) mass is 420 g/mol. The zero-order valence-electron chi connectivity index (χ0n) is 13.2. The van der Waals surface area contributed by atoms with Crippen LogP contribution in [0.4, 0.5) is 28.0 Å². The van der Waals surface area contributed by atoms with Gasteiger partial charge in [0, 0.05) is 5.56 Å². The third-order valence-corrected chi connectivity index (χ3v) is 3.83. The summed E-state index contributed by atoms with van der Waals surface area (Å²) in [6.45, 7) is 0. The molecule has 2 aromatic rings. The molecule has 0 bridgehead atoms. The topological polar surface area (TPSA) is 58.2 Å². The van der Waals surface area contributed by atoms with Gasteiger partial charge >= 0.3 is 12.2 Å². The maximum atomic E-state index is 14.3. The number of hydrogen-bond donors (Lipinski definition) is 2. The number of nitrogens with one attached hydrogen (secondary N) is 2. The molecule has 10 heteroatoms. The second kappa shape index (κ2) is 8.41. The second-order valence-electron chi connectivity index (χ2n) is 5.09. The lowest BCUT2D eigenvalue weighted by molar-refractivity contribution is -0.0836. The quantitative estimate of drug-likeness (QED) is 0.636. The molecule has 0 spiro atoms. The lowest BCUT2D eigenvalue weighted by Gasteiger charge is -2.10. The van der Waals surface area contributed by atoms with E-state index in [1.165, 1.54) is 24.3 Å². The molecule has 2 rings (SSSR count). The SMILES string of the molecule is O=C(NC(=O)c1ccccc1Cl)Nc1cccc(/C=C(\Cl)C(F)(F)F)c1F. The minimum absolute atomic E-state index is 0.0171. The average molecular weight is 421 g/mol. The molecule has 2 aromatic carbocycles. The molecule has 0 aliphatic rings. The van der Waals surface area contributed by atoms with Gasteiger partial charge in [0.2, 0.25) is 0 Å². The minimum atomic E-state index is -4.84. The molecule has 0 aliphatic heterocycles. The van der Waals surface area contributed by atoms with E-state index in [1.54, 1.807) is 6.07 Å². The van der Waals surface area contributed by atoms with Crippen molar-refractivity contribution in [2.45, 2.75) is 6.18 Å². The van der Waals surface area contributed by atoms with Crippen LogP contribution in [0, 0.1) is 5.82 Å². The Hall–Kier alpha value is -2.58. The number of anilines is 1. The summed E-state index contributed by atoms with van der Waals surface area (Å²) in [6, 6.07) is 8.18. The van der Waals surface area contributed by atoms with E-state index in [0.29, 0.717) is 6.08 Å². The first-order valence-corrected chi connectivity index (χ1v) is 7.95. The molecule has 0 radical (unpaired) electrons. The van der Waals surface area contributed by atoms with Crippen LogP contribution in [0.3, 0.4) is 0 Å². The number of alkyl halides is 3. The average Bonchev–Trinajstić information content (AvgIpc) is 2.57. The van der Waals surface area contributed by atoms with Crippen LogP contribution in [0.1, 0.15) is 15.9 Å². The van der Waals surface area contributed by atoms with Crippen molar-refractivity contribution in [2.24, 2.45) is 0 Å². The fourth-order valence-corrected chi connectivity index (χ4v) is 2.28. The predicted octanol–water partition coefficient (Wildman–Crippen LogP) is 5.58. The van der Waals surface area contributed by atoms with Gasteiger partial charge in [0.05, 0.1) is 16.3 Å². The number of benzene rings is 2. The fourth-order valence-electron chi connectivity index (χ4n) is 1.95. The molecule has 0 heterocycles. The van der Waals surface area contributed by atoms with Crippen molar-refractivity contribution >= 4 is 46.9 Å². The Balaban J connectivity index is 2.16. The molecular formula is C17H10Cl2F4N2O2. The van der Waals surface area contributed by atoms with Crippen LogP contribution < -0.4 is 10.6 Å². The Morgan fingerprint density at radius 3 is 2.33 bits per heavy atom. The Morgan fingerprint density at radius 2 is 1.70 bits per heavy atom. The van der Waals surface area contributed by atoms with Crippen molar-refractivity contribution in [1.82, 2.24) is 5.32 Å². The molecule has 142 valence electrons. The van der Waals surface area contributed by atoms with Gasteiger partial charge in [-0.05, 0) is 24.3 Å². The van der Waals surface area contributed by atoms with Gasteiger partial charge < -0.3 is 5.32 Å². The first-order chi connectivity index (χ1) is 12.6. The van der Waals surface area contributed by atoms with Gasteiger partial charge in [0.1, 0.15) is 5.03 Å². The predicted molar refractivity (Wildman–Crippen MR) is 94.2 cm³/mol. The van der Waals surface area contributed by atoms with E-state index in [0.717, 1.165) is 12.1 Å². The number of urea groups is 1. The zero-order chi connectivity index (χ0) is 20.2. The number of rotatable bonds is 3. The largest absolute Gasteiger partial charge is 0.426 e. The number of amides is 3. The first-order valence-electron chi connectivity index (χ1n) is 7.19. The summed E-state index contributed by atoms with van der Waals surface area (Å²) in [6.07, 6.45) is -4.45. The van der Waals surface area contributed by atoms with E-state index in [1.807, 2.05) is 10.6 Å². The van der Waals surface area contributed by atoms with E-state index >= 15 is 0 Å². The summed E-state index contributed by atoms with van der Waals surface area (Å²) in [7, 11) is 0. The molecule has 0 saturated heterocycles. The van der Waals surface area contributed by atoms with E-state index in [-0.39, 0.29) is 10.6 Å². The van der Waals surface area contributed by atoms with E-state index < -0.39 is 40.2 Å². The molecule has 0 unspecified atom stereocenters. The molecule has 0 aromatic heterocycles. The lowest BCUT2D eigenvalue weighted by atomic mass is 10.1. The van der Waals surface area contributed by atoms with Crippen LogP contribution in [0.15, 0.2) is 47.5 Å². The number of carbonyl (C=O) groups excluding carboxylic acids is 2. The minimum Gasteiger partial charge on any atom is -0.305 e. The Bertz CT molecular complexity index is 914. The van der Waals surface area contributed by atoms with Crippen LogP contribution in [-0.2, 0) is 0 Å². The Labute approximate surface area is 160 Å². The summed E-state index contributed by atoms with van der Waals surface area (Å²) >= 11 is 10.9. The number of carbonyl (C=O) groups is 2. The highest BCUT2D eigenvalue weighted by Crippen LogP contribution is 2.31. The van der Waals surface area contributed by atoms with E-state index in [4.69, 9.17) is 23.2 Å². The lowest BCUT2D eigenvalue weighted by Crippen LogP contribution is -2.34. The second-order valence-corrected chi connectivity index (χ2v) is 5.90. The number of allylic oxidation sites excluding steroid dienone is 1. The molecule has 0 fully saturated rings. The Morgan fingerprint density at radius 1 is 1.04 bits per heavy atom. The van der Waals surface area contributed by atoms with Gasteiger partial charge in [-0.3, -0.25) is 10.1 Å². The summed E-state index contributed by atoms with van der Waals surface area (Å²) in [4.78, 5) is 23.8. The van der Waals surface area contributed by atoms with Gasteiger partial charge in [0.25, 0.3) is 5.91 Å². The van der Waals surface area contributed by atoms with Crippen molar-refractivity contribution in [2.75, 3.05) is 5.32 Å². The highest BCUT2D eigenvalue weighted by molar-refractivity contribution is 6.34. The number of halogens is 6. The van der Waals surface area contributed by atoms with Gasteiger partial charge in [0.15, 0.2) is 5.82 Å². The van der Waals surface area contributed by atoms with E-state index in [2.05, 4.69) is 0 Å². The smallest absolute Gasteiger partial charge is 0.305 e. The fraction of sp³-hybridized carbons (Fsp3) is 0.0588. The molecule has 4 nitrogen and oxygen atoms in total. The van der Waals surface area contributed by atoms with Crippen LogP contribution >= 0.6 is 23.2 Å². The van der Waals surface area contributed by atoms with Crippen molar-refractivity contribution in [1.29, 1.82) is 0 Å². The van der Waals surface area contributed by atoms with Gasteiger partial charge in [-0.25, -0.2) is 9.18 Å². The molecule has 2 N–H and O–H groups in total. The molecular weight excluding hydrogens is 411 g/mol. The maximum Gasteiger partial charge on any atom is 0.426 e. The zero-order valence-corrected chi connectivity index (χ0v) is 14.7. The molecule has 0 atom stereocenters.